The summed E-state index contributed by atoms with van der Waals surface area (Å²) in [7, 11) is 0. The van der Waals surface area contributed by atoms with Crippen LogP contribution in [0.4, 0.5) is 0 Å². The lowest BCUT2D eigenvalue weighted by Gasteiger charge is -2.19. The van der Waals surface area contributed by atoms with Gasteiger partial charge in [-0.05, 0) is 26.7 Å². The summed E-state index contributed by atoms with van der Waals surface area (Å²) in [6, 6.07) is 1.78. The Morgan fingerprint density at radius 2 is 2.36 bits per heavy atom. The zero-order valence-electron chi connectivity index (χ0n) is 8.83. The predicted octanol–water partition coefficient (Wildman–Crippen LogP) is 1.81. The van der Waals surface area contributed by atoms with Crippen LogP contribution >= 0.6 is 0 Å². The molecule has 1 aromatic heterocycles. The molecule has 1 aromatic rings. The molecule has 0 aliphatic carbocycles. The third-order valence-corrected chi connectivity index (χ3v) is 3.43. The average molecular weight is 191 g/mol. The molecule has 0 radical (unpaired) electrons. The fraction of sp³-hybridized carbons (Fsp3) is 0.727. The van der Waals surface area contributed by atoms with Crippen molar-refractivity contribution in [2.75, 3.05) is 0 Å². The Hall–Kier alpha value is -0.830. The van der Waals surface area contributed by atoms with Gasteiger partial charge in [0.25, 0.3) is 0 Å². The van der Waals surface area contributed by atoms with Gasteiger partial charge >= 0.3 is 0 Å². The number of rotatable bonds is 1. The molecule has 76 valence electrons. The molecule has 2 aliphatic rings. The van der Waals surface area contributed by atoms with E-state index in [1.165, 1.54) is 24.1 Å². The predicted molar refractivity (Wildman–Crippen MR) is 55.2 cm³/mol. The first-order valence-corrected chi connectivity index (χ1v) is 5.58. The van der Waals surface area contributed by atoms with Crippen LogP contribution in [0.3, 0.4) is 0 Å². The number of hydrogen-bond donors (Lipinski definition) is 1. The van der Waals surface area contributed by atoms with Gasteiger partial charge in [0.05, 0.1) is 5.69 Å². The molecule has 0 spiro atoms. The summed E-state index contributed by atoms with van der Waals surface area (Å²) in [4.78, 5) is 0. The minimum atomic E-state index is 0.485. The lowest BCUT2D eigenvalue weighted by Crippen LogP contribution is -2.31. The molecule has 3 heteroatoms. The van der Waals surface area contributed by atoms with Crippen LogP contribution in [0.25, 0.3) is 0 Å². The van der Waals surface area contributed by atoms with Gasteiger partial charge in [0.1, 0.15) is 0 Å². The van der Waals surface area contributed by atoms with Gasteiger partial charge in [0.15, 0.2) is 0 Å². The first-order chi connectivity index (χ1) is 6.74. The maximum absolute atomic E-state index is 4.67. The van der Waals surface area contributed by atoms with Gasteiger partial charge in [-0.15, -0.1) is 0 Å². The Kier molecular flexibility index (Phi) is 1.71. The fourth-order valence-electron chi connectivity index (χ4n) is 2.62. The fourth-order valence-corrected chi connectivity index (χ4v) is 2.62. The van der Waals surface area contributed by atoms with Crippen molar-refractivity contribution in [3.63, 3.8) is 0 Å². The maximum Gasteiger partial charge on any atom is 0.0688 e. The minimum Gasteiger partial charge on any atom is -0.307 e. The molecule has 0 amide bonds. The van der Waals surface area contributed by atoms with Gasteiger partial charge in [0, 0.05) is 36.3 Å². The first kappa shape index (κ1) is 8.48. The van der Waals surface area contributed by atoms with E-state index in [2.05, 4.69) is 35.1 Å². The summed E-state index contributed by atoms with van der Waals surface area (Å²) in [5.41, 5.74) is 2.79. The van der Waals surface area contributed by atoms with Crippen LogP contribution in [-0.4, -0.2) is 15.8 Å². The smallest absolute Gasteiger partial charge is 0.0688 e. The lowest BCUT2D eigenvalue weighted by atomic mass is 10.0. The van der Waals surface area contributed by atoms with Crippen molar-refractivity contribution < 1.29 is 0 Å². The second kappa shape index (κ2) is 2.83. The van der Waals surface area contributed by atoms with Crippen LogP contribution in [0, 0.1) is 0 Å². The molecule has 2 bridgehead atoms. The Balaban J connectivity index is 2.01. The van der Waals surface area contributed by atoms with Crippen molar-refractivity contribution in [1.29, 1.82) is 0 Å². The highest BCUT2D eigenvalue weighted by Gasteiger charge is 2.34. The van der Waals surface area contributed by atoms with Crippen molar-refractivity contribution in [1.82, 2.24) is 15.1 Å². The number of hydrogen-bond acceptors (Lipinski definition) is 2. The van der Waals surface area contributed by atoms with E-state index in [0.717, 1.165) is 6.42 Å². The molecule has 3 nitrogen and oxygen atoms in total. The molecule has 0 aromatic carbocycles. The zero-order valence-corrected chi connectivity index (χ0v) is 8.83. The lowest BCUT2D eigenvalue weighted by molar-refractivity contribution is 0.501. The van der Waals surface area contributed by atoms with E-state index < -0.39 is 0 Å². The van der Waals surface area contributed by atoms with Crippen LogP contribution in [0.15, 0.2) is 6.20 Å². The van der Waals surface area contributed by atoms with Gasteiger partial charge in [-0.2, -0.15) is 5.10 Å². The van der Waals surface area contributed by atoms with Gasteiger partial charge < -0.3 is 5.32 Å². The summed E-state index contributed by atoms with van der Waals surface area (Å²) in [5.74, 6) is 0. The van der Waals surface area contributed by atoms with Crippen molar-refractivity contribution >= 4 is 0 Å². The molecule has 2 aliphatic heterocycles. The Labute approximate surface area is 84.5 Å². The highest BCUT2D eigenvalue weighted by Crippen LogP contribution is 2.35. The summed E-state index contributed by atoms with van der Waals surface area (Å²) in [6.45, 7) is 4.37. The van der Waals surface area contributed by atoms with E-state index in [1.54, 1.807) is 0 Å². The molecule has 1 N–H and O–H groups in total. The van der Waals surface area contributed by atoms with Crippen LogP contribution in [0.2, 0.25) is 0 Å². The van der Waals surface area contributed by atoms with Crippen molar-refractivity contribution in [2.24, 2.45) is 0 Å². The van der Waals surface area contributed by atoms with Gasteiger partial charge in [-0.25, -0.2) is 0 Å². The highest BCUT2D eigenvalue weighted by atomic mass is 15.3. The summed E-state index contributed by atoms with van der Waals surface area (Å²) < 4.78 is 2.10. The number of fused-ring (bicyclic) bond motifs is 4. The Bertz CT molecular complexity index is 353. The quantitative estimate of drug-likeness (QED) is 0.733. The van der Waals surface area contributed by atoms with E-state index in [0.29, 0.717) is 18.1 Å². The second-order valence-corrected chi connectivity index (χ2v) is 4.80. The SMILES string of the molecule is CC(C)n1cc2c(n1)CC1CCC2N1. The molecule has 3 rings (SSSR count). The average Bonchev–Trinajstić information content (AvgIpc) is 2.71. The molecular formula is C11H17N3. The first-order valence-electron chi connectivity index (χ1n) is 5.58. The molecule has 1 saturated heterocycles. The molecule has 1 fully saturated rings. The van der Waals surface area contributed by atoms with Gasteiger partial charge in [0.2, 0.25) is 0 Å². The van der Waals surface area contributed by atoms with E-state index in [4.69, 9.17) is 0 Å². The zero-order chi connectivity index (χ0) is 9.71. The number of nitrogens with zero attached hydrogens (tertiary/aromatic N) is 2. The second-order valence-electron chi connectivity index (χ2n) is 4.80. The number of nitrogens with one attached hydrogen (secondary N) is 1. The van der Waals surface area contributed by atoms with Gasteiger partial charge in [-0.1, -0.05) is 0 Å². The van der Waals surface area contributed by atoms with Crippen molar-refractivity contribution in [3.05, 3.63) is 17.5 Å². The van der Waals surface area contributed by atoms with Crippen LogP contribution in [0.5, 0.6) is 0 Å². The number of aromatic nitrogens is 2. The third kappa shape index (κ3) is 1.12. The molecule has 14 heavy (non-hydrogen) atoms. The molecule has 0 saturated carbocycles. The summed E-state index contributed by atoms with van der Waals surface area (Å²) in [6.07, 6.45) is 5.98. The highest BCUT2D eigenvalue weighted by molar-refractivity contribution is 5.28. The van der Waals surface area contributed by atoms with Crippen LogP contribution < -0.4 is 5.32 Å². The largest absolute Gasteiger partial charge is 0.307 e. The van der Waals surface area contributed by atoms with Crippen LogP contribution in [-0.2, 0) is 6.42 Å². The van der Waals surface area contributed by atoms with E-state index in [1.807, 2.05) is 0 Å². The topological polar surface area (TPSA) is 29.9 Å². The molecule has 2 unspecified atom stereocenters. The molecular weight excluding hydrogens is 174 g/mol. The Morgan fingerprint density at radius 1 is 1.50 bits per heavy atom. The normalized spacial score (nSPS) is 29.6. The Morgan fingerprint density at radius 3 is 3.14 bits per heavy atom. The molecule has 3 heterocycles. The molecule has 2 atom stereocenters. The van der Waals surface area contributed by atoms with Crippen LogP contribution in [0.1, 0.15) is 50.0 Å². The monoisotopic (exact) mass is 191 g/mol. The summed E-state index contributed by atoms with van der Waals surface area (Å²) >= 11 is 0. The van der Waals surface area contributed by atoms with Crippen molar-refractivity contribution in [3.8, 4) is 0 Å². The maximum atomic E-state index is 4.67. The summed E-state index contributed by atoms with van der Waals surface area (Å²) in [5, 5.41) is 8.31. The standard InChI is InChI=1S/C11H17N3/c1-7(2)14-6-9-10-4-3-8(12-10)5-11(9)13-14/h6-8,10,12H,3-5H2,1-2H3. The van der Waals surface area contributed by atoms with Gasteiger partial charge in [-0.3, -0.25) is 4.68 Å². The minimum absolute atomic E-state index is 0.485. The van der Waals surface area contributed by atoms with Crippen molar-refractivity contribution in [2.45, 2.75) is 51.2 Å². The van der Waals surface area contributed by atoms with E-state index >= 15 is 0 Å². The third-order valence-electron chi connectivity index (χ3n) is 3.43. The van der Waals surface area contributed by atoms with E-state index in [-0.39, 0.29) is 0 Å². The van der Waals surface area contributed by atoms with E-state index in [9.17, 15) is 0 Å².